The Labute approximate surface area is 115 Å². The summed E-state index contributed by atoms with van der Waals surface area (Å²) in [6.45, 7) is 1.95. The predicted molar refractivity (Wildman–Crippen MR) is 73.3 cm³/mol. The molecule has 0 aliphatic heterocycles. The van der Waals surface area contributed by atoms with Gasteiger partial charge in [-0.2, -0.15) is 5.10 Å². The van der Waals surface area contributed by atoms with Crippen molar-refractivity contribution in [2.45, 2.75) is 13.0 Å². The molecular weight excluding hydrogens is 259 g/mol. The van der Waals surface area contributed by atoms with Crippen LogP contribution in [0.15, 0.2) is 34.7 Å². The molecule has 2 aromatic heterocycles. The van der Waals surface area contributed by atoms with E-state index in [9.17, 15) is 4.39 Å². The van der Waals surface area contributed by atoms with Crippen LogP contribution in [0.1, 0.15) is 23.2 Å². The molecule has 0 aliphatic rings. The number of aryl methyl sites for hydroxylation is 2. The van der Waals surface area contributed by atoms with E-state index in [2.05, 4.69) is 10.5 Å². The lowest BCUT2D eigenvalue weighted by Crippen LogP contribution is -2.28. The minimum atomic E-state index is -0.415. The summed E-state index contributed by atoms with van der Waals surface area (Å²) in [7, 11) is 1.85. The Morgan fingerprint density at radius 2 is 2.20 bits per heavy atom. The third-order valence-corrected chi connectivity index (χ3v) is 3.39. The number of hydrazine groups is 1. The van der Waals surface area contributed by atoms with E-state index in [1.54, 1.807) is 22.9 Å². The van der Waals surface area contributed by atoms with Crippen LogP contribution in [-0.4, -0.2) is 9.78 Å². The van der Waals surface area contributed by atoms with Gasteiger partial charge in [-0.25, -0.2) is 9.82 Å². The number of nitrogens with zero attached hydrogens (tertiary/aromatic N) is 2. The zero-order valence-electron chi connectivity index (χ0n) is 11.2. The molecule has 0 fully saturated rings. The van der Waals surface area contributed by atoms with Crippen LogP contribution in [0.2, 0.25) is 0 Å². The van der Waals surface area contributed by atoms with Gasteiger partial charge in [-0.15, -0.1) is 0 Å². The zero-order chi connectivity index (χ0) is 14.3. The molecule has 6 heteroatoms. The normalized spacial score (nSPS) is 13.0. The maximum atomic E-state index is 13.7. The molecule has 3 aromatic rings. The van der Waals surface area contributed by atoms with Crippen LogP contribution in [0.25, 0.3) is 11.0 Å². The first-order valence-corrected chi connectivity index (χ1v) is 6.25. The predicted octanol–water partition coefficient (Wildman–Crippen LogP) is 2.17. The molecule has 0 spiro atoms. The van der Waals surface area contributed by atoms with E-state index in [4.69, 9.17) is 10.3 Å². The molecule has 1 unspecified atom stereocenters. The van der Waals surface area contributed by atoms with Crippen LogP contribution in [-0.2, 0) is 7.05 Å². The van der Waals surface area contributed by atoms with Crippen molar-refractivity contribution in [3.8, 4) is 0 Å². The van der Waals surface area contributed by atoms with Crippen LogP contribution >= 0.6 is 0 Å². The number of aromatic nitrogens is 2. The molecule has 0 radical (unpaired) electrons. The highest BCUT2D eigenvalue weighted by Gasteiger charge is 2.21. The van der Waals surface area contributed by atoms with Gasteiger partial charge in [0.1, 0.15) is 11.8 Å². The molecule has 5 nitrogen and oxygen atoms in total. The van der Waals surface area contributed by atoms with Crippen molar-refractivity contribution in [1.82, 2.24) is 15.2 Å². The summed E-state index contributed by atoms with van der Waals surface area (Å²) < 4.78 is 21.0. The van der Waals surface area contributed by atoms with Gasteiger partial charge in [-0.3, -0.25) is 10.5 Å². The zero-order valence-corrected chi connectivity index (χ0v) is 11.2. The first kappa shape index (κ1) is 12.8. The summed E-state index contributed by atoms with van der Waals surface area (Å²) in [5.41, 5.74) is 4.63. The van der Waals surface area contributed by atoms with Gasteiger partial charge in [0.2, 0.25) is 0 Å². The number of halogens is 1. The number of hydrogen-bond donors (Lipinski definition) is 2. The molecule has 3 N–H and O–H groups in total. The van der Waals surface area contributed by atoms with E-state index in [0.29, 0.717) is 11.1 Å². The highest BCUT2D eigenvalue weighted by atomic mass is 19.1. The van der Waals surface area contributed by atoms with E-state index >= 15 is 0 Å². The fourth-order valence-corrected chi connectivity index (χ4v) is 2.23. The average Bonchev–Trinajstić information content (AvgIpc) is 2.97. The van der Waals surface area contributed by atoms with Crippen molar-refractivity contribution in [3.63, 3.8) is 0 Å². The van der Waals surface area contributed by atoms with Crippen molar-refractivity contribution >= 4 is 11.0 Å². The number of para-hydroxylation sites is 1. The molecule has 0 aliphatic carbocycles. The Bertz CT molecular complexity index is 742. The summed E-state index contributed by atoms with van der Waals surface area (Å²) in [5, 5.41) is 5.07. The topological polar surface area (TPSA) is 69.0 Å². The number of fused-ring (bicyclic) bond motifs is 1. The van der Waals surface area contributed by atoms with Gasteiger partial charge in [-0.05, 0) is 25.1 Å². The first-order chi connectivity index (χ1) is 9.60. The Morgan fingerprint density at radius 3 is 2.80 bits per heavy atom. The quantitative estimate of drug-likeness (QED) is 0.567. The van der Waals surface area contributed by atoms with Gasteiger partial charge < -0.3 is 4.42 Å². The summed E-state index contributed by atoms with van der Waals surface area (Å²) >= 11 is 0. The van der Waals surface area contributed by atoms with Gasteiger partial charge in [0, 0.05) is 18.1 Å². The third-order valence-electron chi connectivity index (χ3n) is 3.39. The van der Waals surface area contributed by atoms with Crippen molar-refractivity contribution in [1.29, 1.82) is 0 Å². The van der Waals surface area contributed by atoms with Crippen LogP contribution in [0.4, 0.5) is 4.39 Å². The van der Waals surface area contributed by atoms with Crippen molar-refractivity contribution in [3.05, 3.63) is 53.3 Å². The SMILES string of the molecule is Cc1cc(C(NN)c2cc3cccc(F)c3o2)nn1C. The van der Waals surface area contributed by atoms with Crippen LogP contribution in [0.5, 0.6) is 0 Å². The Kier molecular flexibility index (Phi) is 3.04. The maximum Gasteiger partial charge on any atom is 0.169 e. The molecule has 3 rings (SSSR count). The standard InChI is InChI=1S/C14H15FN4O/c1-8-6-11(18-19(8)2)13(17-16)12-7-9-4-3-5-10(15)14(9)20-12/h3-7,13,17H,16H2,1-2H3. The molecule has 0 saturated carbocycles. The third kappa shape index (κ3) is 1.99. The summed E-state index contributed by atoms with van der Waals surface area (Å²) in [6.07, 6.45) is 0. The van der Waals surface area contributed by atoms with E-state index in [0.717, 1.165) is 11.4 Å². The summed E-state index contributed by atoms with van der Waals surface area (Å²) in [6, 6.07) is 8.07. The van der Waals surface area contributed by atoms with Crippen molar-refractivity contribution < 1.29 is 8.81 Å². The van der Waals surface area contributed by atoms with Crippen LogP contribution in [0.3, 0.4) is 0 Å². The number of hydrogen-bond acceptors (Lipinski definition) is 4. The molecule has 0 bridgehead atoms. The summed E-state index contributed by atoms with van der Waals surface area (Å²) in [4.78, 5) is 0. The second-order valence-corrected chi connectivity index (χ2v) is 4.74. The van der Waals surface area contributed by atoms with Crippen LogP contribution < -0.4 is 11.3 Å². The molecule has 1 atom stereocenters. The smallest absolute Gasteiger partial charge is 0.169 e. The minimum absolute atomic E-state index is 0.232. The highest BCUT2D eigenvalue weighted by molar-refractivity contribution is 5.78. The van der Waals surface area contributed by atoms with Gasteiger partial charge >= 0.3 is 0 Å². The number of rotatable bonds is 3. The Balaban J connectivity index is 2.09. The number of nitrogens with two attached hydrogens (primary N) is 1. The maximum absolute atomic E-state index is 13.7. The monoisotopic (exact) mass is 274 g/mol. The molecule has 104 valence electrons. The molecule has 20 heavy (non-hydrogen) atoms. The lowest BCUT2D eigenvalue weighted by atomic mass is 10.1. The second kappa shape index (κ2) is 4.73. The number of furan rings is 1. The van der Waals surface area contributed by atoms with Crippen LogP contribution in [0, 0.1) is 12.7 Å². The fraction of sp³-hybridized carbons (Fsp3) is 0.214. The molecule has 2 heterocycles. The van der Waals surface area contributed by atoms with E-state index in [1.165, 1.54) is 6.07 Å². The first-order valence-electron chi connectivity index (χ1n) is 6.25. The van der Waals surface area contributed by atoms with E-state index in [-0.39, 0.29) is 11.4 Å². The second-order valence-electron chi connectivity index (χ2n) is 4.74. The van der Waals surface area contributed by atoms with Gasteiger partial charge in [0.05, 0.1) is 5.69 Å². The van der Waals surface area contributed by atoms with Crippen molar-refractivity contribution in [2.75, 3.05) is 0 Å². The summed E-state index contributed by atoms with van der Waals surface area (Å²) in [5.74, 6) is 5.75. The molecular formula is C14H15FN4O. The van der Waals surface area contributed by atoms with Gasteiger partial charge in [-0.1, -0.05) is 12.1 Å². The Morgan fingerprint density at radius 1 is 1.40 bits per heavy atom. The largest absolute Gasteiger partial charge is 0.456 e. The molecule has 0 amide bonds. The van der Waals surface area contributed by atoms with Gasteiger partial charge in [0.15, 0.2) is 11.4 Å². The average molecular weight is 274 g/mol. The lowest BCUT2D eigenvalue weighted by molar-refractivity contribution is 0.457. The molecule has 1 aromatic carbocycles. The highest BCUT2D eigenvalue weighted by Crippen LogP contribution is 2.28. The Hall–Kier alpha value is -2.18. The fourth-order valence-electron chi connectivity index (χ4n) is 2.23. The number of benzene rings is 1. The van der Waals surface area contributed by atoms with E-state index in [1.807, 2.05) is 20.0 Å². The van der Waals surface area contributed by atoms with E-state index < -0.39 is 6.04 Å². The lowest BCUT2D eigenvalue weighted by Gasteiger charge is -2.09. The van der Waals surface area contributed by atoms with Gasteiger partial charge in [0.25, 0.3) is 0 Å². The molecule has 0 saturated heterocycles. The number of nitrogens with one attached hydrogen (secondary N) is 1. The van der Waals surface area contributed by atoms with Crippen molar-refractivity contribution in [2.24, 2.45) is 12.9 Å². The minimum Gasteiger partial charge on any atom is -0.456 e.